The second-order valence-electron chi connectivity index (χ2n) is 5.36. The van der Waals surface area contributed by atoms with Crippen LogP contribution in [0.1, 0.15) is 34.3 Å². The van der Waals surface area contributed by atoms with Gasteiger partial charge in [0, 0.05) is 17.4 Å². The predicted molar refractivity (Wildman–Crippen MR) is 75.2 cm³/mol. The van der Waals surface area contributed by atoms with Crippen LogP contribution in [0.2, 0.25) is 0 Å². The van der Waals surface area contributed by atoms with E-state index in [0.717, 1.165) is 6.07 Å². The lowest BCUT2D eigenvalue weighted by Crippen LogP contribution is -2.52. The molecule has 122 valence electrons. The first-order valence-corrected chi connectivity index (χ1v) is 7.52. The highest BCUT2D eigenvalue weighted by Crippen LogP contribution is 2.41. The fourth-order valence-corrected chi connectivity index (χ4v) is 3.61. The van der Waals surface area contributed by atoms with Crippen molar-refractivity contribution < 1.29 is 27.6 Å². The SMILES string of the molecule is O=C1CCC(N2Cc3ccc(C(F)(F)F)c(Br)c3C2=O)C(=O)N1. The monoisotopic (exact) mass is 390 g/mol. The summed E-state index contributed by atoms with van der Waals surface area (Å²) in [6.07, 6.45) is -4.34. The van der Waals surface area contributed by atoms with Crippen LogP contribution in [-0.2, 0) is 22.3 Å². The van der Waals surface area contributed by atoms with Gasteiger partial charge in [0.25, 0.3) is 5.91 Å². The van der Waals surface area contributed by atoms with Gasteiger partial charge >= 0.3 is 6.18 Å². The second kappa shape index (κ2) is 5.33. The molecule has 2 aliphatic rings. The molecule has 0 aliphatic carbocycles. The first-order chi connectivity index (χ1) is 10.7. The van der Waals surface area contributed by atoms with E-state index in [1.165, 1.54) is 11.0 Å². The summed E-state index contributed by atoms with van der Waals surface area (Å²) in [4.78, 5) is 36.7. The molecule has 1 unspecified atom stereocenters. The molecule has 1 aromatic rings. The quantitative estimate of drug-likeness (QED) is 0.747. The van der Waals surface area contributed by atoms with E-state index in [4.69, 9.17) is 0 Å². The smallest absolute Gasteiger partial charge is 0.322 e. The maximum absolute atomic E-state index is 12.9. The Hall–Kier alpha value is -1.90. The average molecular weight is 391 g/mol. The van der Waals surface area contributed by atoms with Crippen molar-refractivity contribution in [2.75, 3.05) is 0 Å². The van der Waals surface area contributed by atoms with Crippen LogP contribution in [0.25, 0.3) is 0 Å². The van der Waals surface area contributed by atoms with E-state index < -0.39 is 35.5 Å². The third-order valence-corrected chi connectivity index (χ3v) is 4.76. The van der Waals surface area contributed by atoms with Gasteiger partial charge in [0.1, 0.15) is 6.04 Å². The number of halogens is 4. The number of rotatable bonds is 1. The molecule has 1 saturated heterocycles. The van der Waals surface area contributed by atoms with Gasteiger partial charge in [0.15, 0.2) is 0 Å². The Balaban J connectivity index is 1.95. The maximum atomic E-state index is 12.9. The number of alkyl halides is 3. The van der Waals surface area contributed by atoms with Crippen molar-refractivity contribution in [1.82, 2.24) is 10.2 Å². The molecular weight excluding hydrogens is 381 g/mol. The van der Waals surface area contributed by atoms with Crippen molar-refractivity contribution >= 4 is 33.7 Å². The summed E-state index contributed by atoms with van der Waals surface area (Å²) in [6, 6.07) is 1.30. The lowest BCUT2D eigenvalue weighted by atomic mass is 10.0. The van der Waals surface area contributed by atoms with E-state index >= 15 is 0 Å². The molecule has 0 spiro atoms. The Labute approximate surface area is 136 Å². The Kier molecular flexibility index (Phi) is 3.70. The van der Waals surface area contributed by atoms with Gasteiger partial charge in [-0.25, -0.2) is 0 Å². The van der Waals surface area contributed by atoms with Crippen LogP contribution in [0, 0.1) is 0 Å². The summed E-state index contributed by atoms with van der Waals surface area (Å²) in [5.74, 6) is -1.67. The van der Waals surface area contributed by atoms with E-state index in [-0.39, 0.29) is 29.4 Å². The summed E-state index contributed by atoms with van der Waals surface area (Å²) < 4.78 is 38.5. The fourth-order valence-electron chi connectivity index (χ4n) is 2.83. The molecule has 3 rings (SSSR count). The normalized spacial score (nSPS) is 21.5. The largest absolute Gasteiger partial charge is 0.417 e. The molecule has 3 amide bonds. The number of carbonyl (C=O) groups excluding carboxylic acids is 3. The van der Waals surface area contributed by atoms with Crippen LogP contribution in [0.3, 0.4) is 0 Å². The van der Waals surface area contributed by atoms with E-state index in [2.05, 4.69) is 21.2 Å². The number of carbonyl (C=O) groups is 3. The molecule has 1 atom stereocenters. The van der Waals surface area contributed by atoms with Gasteiger partial charge in [0.2, 0.25) is 11.8 Å². The molecular formula is C14H10BrF3N2O3. The molecule has 2 heterocycles. The summed E-state index contributed by atoms with van der Waals surface area (Å²) >= 11 is 2.86. The minimum atomic E-state index is -4.59. The first kappa shape index (κ1) is 16.0. The van der Waals surface area contributed by atoms with Crippen LogP contribution in [0.4, 0.5) is 13.2 Å². The van der Waals surface area contributed by atoms with Crippen LogP contribution in [0.5, 0.6) is 0 Å². The maximum Gasteiger partial charge on any atom is 0.417 e. The van der Waals surface area contributed by atoms with Crippen molar-refractivity contribution in [3.63, 3.8) is 0 Å². The standard InChI is InChI=1S/C14H10BrF3N2O3/c15-11-7(14(16,17)18)2-1-6-5-20(13(23)10(6)11)8-3-4-9(21)19-12(8)22/h1-2,8H,3-5H2,(H,19,21,22). The molecule has 0 bridgehead atoms. The van der Waals surface area contributed by atoms with Gasteiger partial charge in [-0.2, -0.15) is 13.2 Å². The molecule has 9 heteroatoms. The number of hydrogen-bond acceptors (Lipinski definition) is 3. The number of piperidine rings is 1. The number of nitrogens with one attached hydrogen (secondary N) is 1. The van der Waals surface area contributed by atoms with Crippen LogP contribution in [-0.4, -0.2) is 28.7 Å². The van der Waals surface area contributed by atoms with Gasteiger partial charge in [-0.3, -0.25) is 19.7 Å². The molecule has 1 N–H and O–H groups in total. The summed E-state index contributed by atoms with van der Waals surface area (Å²) in [7, 11) is 0. The van der Waals surface area contributed by atoms with Crippen LogP contribution >= 0.6 is 15.9 Å². The van der Waals surface area contributed by atoms with Crippen molar-refractivity contribution in [3.05, 3.63) is 33.3 Å². The number of imide groups is 1. The highest BCUT2D eigenvalue weighted by atomic mass is 79.9. The Morgan fingerprint density at radius 1 is 1.22 bits per heavy atom. The predicted octanol–water partition coefficient (Wildman–Crippen LogP) is 2.23. The van der Waals surface area contributed by atoms with Gasteiger partial charge in [-0.15, -0.1) is 0 Å². The van der Waals surface area contributed by atoms with Gasteiger partial charge in [-0.1, -0.05) is 6.07 Å². The topological polar surface area (TPSA) is 66.5 Å². The zero-order valence-corrected chi connectivity index (χ0v) is 13.1. The summed E-state index contributed by atoms with van der Waals surface area (Å²) in [6.45, 7) is 0.0389. The summed E-state index contributed by atoms with van der Waals surface area (Å²) in [5, 5.41) is 2.14. The zero-order chi connectivity index (χ0) is 16.9. The number of amides is 3. The van der Waals surface area contributed by atoms with Gasteiger partial charge < -0.3 is 4.90 Å². The highest BCUT2D eigenvalue weighted by molar-refractivity contribution is 9.10. The third kappa shape index (κ3) is 2.62. The van der Waals surface area contributed by atoms with E-state index in [1.807, 2.05) is 0 Å². The van der Waals surface area contributed by atoms with Crippen LogP contribution < -0.4 is 5.32 Å². The van der Waals surface area contributed by atoms with E-state index in [9.17, 15) is 27.6 Å². The molecule has 0 radical (unpaired) electrons. The lowest BCUT2D eigenvalue weighted by molar-refractivity contribution is -0.138. The first-order valence-electron chi connectivity index (χ1n) is 6.73. The third-order valence-electron chi connectivity index (χ3n) is 3.94. The number of benzene rings is 1. The fraction of sp³-hybridized carbons (Fsp3) is 0.357. The molecule has 5 nitrogen and oxygen atoms in total. The Bertz CT molecular complexity index is 733. The van der Waals surface area contributed by atoms with Crippen molar-refractivity contribution in [3.8, 4) is 0 Å². The Morgan fingerprint density at radius 3 is 2.52 bits per heavy atom. The molecule has 1 aromatic carbocycles. The minimum absolute atomic E-state index is 0.0389. The van der Waals surface area contributed by atoms with E-state index in [1.54, 1.807) is 0 Å². The minimum Gasteiger partial charge on any atom is -0.322 e. The number of nitrogens with zero attached hydrogens (tertiary/aromatic N) is 1. The van der Waals surface area contributed by atoms with E-state index in [0.29, 0.717) is 5.56 Å². The molecule has 23 heavy (non-hydrogen) atoms. The Morgan fingerprint density at radius 2 is 1.91 bits per heavy atom. The molecule has 0 aromatic heterocycles. The van der Waals surface area contributed by atoms with Crippen LogP contribution in [0.15, 0.2) is 16.6 Å². The molecule has 0 saturated carbocycles. The van der Waals surface area contributed by atoms with Crippen molar-refractivity contribution in [1.29, 1.82) is 0 Å². The average Bonchev–Trinajstić information content (AvgIpc) is 2.76. The van der Waals surface area contributed by atoms with Gasteiger partial charge in [0.05, 0.1) is 11.1 Å². The molecule has 1 fully saturated rings. The second-order valence-corrected chi connectivity index (χ2v) is 6.15. The van der Waals surface area contributed by atoms with Gasteiger partial charge in [-0.05, 0) is 34.0 Å². The summed E-state index contributed by atoms with van der Waals surface area (Å²) in [5.41, 5.74) is -0.598. The van der Waals surface area contributed by atoms with Crippen molar-refractivity contribution in [2.24, 2.45) is 0 Å². The number of fused-ring (bicyclic) bond motifs is 1. The lowest BCUT2D eigenvalue weighted by Gasteiger charge is -2.29. The molecule has 2 aliphatic heterocycles. The highest BCUT2D eigenvalue weighted by Gasteiger charge is 2.42. The zero-order valence-electron chi connectivity index (χ0n) is 11.5. The van der Waals surface area contributed by atoms with Crippen molar-refractivity contribution in [2.45, 2.75) is 31.6 Å². The number of hydrogen-bond donors (Lipinski definition) is 1.